The van der Waals surface area contributed by atoms with Crippen molar-refractivity contribution in [2.24, 2.45) is 0 Å². The summed E-state index contributed by atoms with van der Waals surface area (Å²) in [7, 11) is 0. The number of carbonyl (C=O) groups excluding carboxylic acids is 1. The second-order valence-corrected chi connectivity index (χ2v) is 8.22. The molecule has 4 rings (SSSR count). The molecule has 4 aromatic rings. The summed E-state index contributed by atoms with van der Waals surface area (Å²) >= 11 is 1.33. The molecule has 0 radical (unpaired) electrons. The van der Waals surface area contributed by atoms with E-state index in [0.29, 0.717) is 17.2 Å². The molecule has 0 saturated heterocycles. The van der Waals surface area contributed by atoms with Crippen molar-refractivity contribution >= 4 is 22.4 Å². The SMILES string of the molecule is O=C(Nc1nc(-c2ccc(O)cc2)c(CCc2ccccc2)s1)c1cc(O)c(O)c(O)c1. The number of thiazole rings is 1. The van der Waals surface area contributed by atoms with Gasteiger partial charge in [0.25, 0.3) is 5.91 Å². The Morgan fingerprint density at radius 3 is 2.19 bits per heavy atom. The van der Waals surface area contributed by atoms with Crippen LogP contribution in [0, 0.1) is 0 Å². The number of aryl methyl sites for hydroxylation is 2. The number of phenolic OH excluding ortho intramolecular Hbond substituents is 4. The predicted molar refractivity (Wildman–Crippen MR) is 122 cm³/mol. The number of amides is 1. The summed E-state index contributed by atoms with van der Waals surface area (Å²) in [5.41, 5.74) is 2.67. The number of aromatic nitrogens is 1. The smallest absolute Gasteiger partial charge is 0.257 e. The Labute approximate surface area is 187 Å². The van der Waals surface area contributed by atoms with Crippen molar-refractivity contribution in [2.75, 3.05) is 5.32 Å². The largest absolute Gasteiger partial charge is 0.508 e. The van der Waals surface area contributed by atoms with Crippen LogP contribution in [0.2, 0.25) is 0 Å². The van der Waals surface area contributed by atoms with Gasteiger partial charge in [-0.15, -0.1) is 11.3 Å². The zero-order valence-corrected chi connectivity index (χ0v) is 17.6. The molecule has 0 aliphatic heterocycles. The minimum Gasteiger partial charge on any atom is -0.508 e. The summed E-state index contributed by atoms with van der Waals surface area (Å²) < 4.78 is 0. The Morgan fingerprint density at radius 2 is 1.53 bits per heavy atom. The molecule has 162 valence electrons. The molecular formula is C24H20N2O5S. The van der Waals surface area contributed by atoms with Crippen LogP contribution in [0.1, 0.15) is 20.8 Å². The van der Waals surface area contributed by atoms with Crippen molar-refractivity contribution < 1.29 is 25.2 Å². The molecule has 1 aromatic heterocycles. The number of rotatable bonds is 6. The molecule has 3 aromatic carbocycles. The van der Waals surface area contributed by atoms with Gasteiger partial charge in [0, 0.05) is 16.0 Å². The fraction of sp³-hybridized carbons (Fsp3) is 0.0833. The van der Waals surface area contributed by atoms with E-state index >= 15 is 0 Å². The molecule has 0 aliphatic carbocycles. The van der Waals surface area contributed by atoms with Crippen molar-refractivity contribution in [3.05, 3.63) is 82.7 Å². The van der Waals surface area contributed by atoms with E-state index in [1.54, 1.807) is 24.3 Å². The molecule has 0 spiro atoms. The molecular weight excluding hydrogens is 428 g/mol. The van der Waals surface area contributed by atoms with E-state index in [-0.39, 0.29) is 11.3 Å². The van der Waals surface area contributed by atoms with E-state index in [0.717, 1.165) is 29.0 Å². The maximum absolute atomic E-state index is 12.6. The molecule has 0 unspecified atom stereocenters. The van der Waals surface area contributed by atoms with Gasteiger partial charge in [0.15, 0.2) is 22.4 Å². The Balaban J connectivity index is 1.62. The van der Waals surface area contributed by atoms with E-state index in [2.05, 4.69) is 10.3 Å². The Bertz CT molecular complexity index is 1230. The number of hydrogen-bond donors (Lipinski definition) is 5. The van der Waals surface area contributed by atoms with Crippen molar-refractivity contribution in [1.29, 1.82) is 0 Å². The quantitative estimate of drug-likeness (QED) is 0.273. The molecule has 5 N–H and O–H groups in total. The fourth-order valence-electron chi connectivity index (χ4n) is 3.23. The first-order chi connectivity index (χ1) is 15.4. The molecule has 32 heavy (non-hydrogen) atoms. The number of phenols is 4. The third-order valence-corrected chi connectivity index (χ3v) is 5.90. The number of nitrogens with one attached hydrogen (secondary N) is 1. The fourth-order valence-corrected chi connectivity index (χ4v) is 4.20. The van der Waals surface area contributed by atoms with Gasteiger partial charge in [-0.05, 0) is 54.8 Å². The zero-order valence-electron chi connectivity index (χ0n) is 16.8. The maximum Gasteiger partial charge on any atom is 0.257 e. The highest BCUT2D eigenvalue weighted by Crippen LogP contribution is 2.36. The molecule has 0 aliphatic rings. The van der Waals surface area contributed by atoms with Gasteiger partial charge in [-0.1, -0.05) is 30.3 Å². The molecule has 1 heterocycles. The van der Waals surface area contributed by atoms with Crippen LogP contribution in [-0.4, -0.2) is 31.3 Å². The van der Waals surface area contributed by atoms with Gasteiger partial charge < -0.3 is 20.4 Å². The number of aromatic hydroxyl groups is 4. The van der Waals surface area contributed by atoms with E-state index in [1.165, 1.54) is 16.9 Å². The summed E-state index contributed by atoms with van der Waals surface area (Å²) in [6.07, 6.45) is 1.50. The van der Waals surface area contributed by atoms with Gasteiger partial charge >= 0.3 is 0 Å². The molecule has 1 amide bonds. The van der Waals surface area contributed by atoms with Crippen LogP contribution in [0.15, 0.2) is 66.7 Å². The highest BCUT2D eigenvalue weighted by atomic mass is 32.1. The Hall–Kier alpha value is -4.04. The van der Waals surface area contributed by atoms with Crippen LogP contribution in [-0.2, 0) is 12.8 Å². The third-order valence-electron chi connectivity index (χ3n) is 4.87. The molecule has 7 nitrogen and oxygen atoms in total. The van der Waals surface area contributed by atoms with Crippen LogP contribution >= 0.6 is 11.3 Å². The van der Waals surface area contributed by atoms with Gasteiger partial charge in [-0.3, -0.25) is 10.1 Å². The first kappa shape index (κ1) is 21.2. The van der Waals surface area contributed by atoms with Crippen LogP contribution in [0.4, 0.5) is 5.13 Å². The molecule has 0 atom stereocenters. The van der Waals surface area contributed by atoms with Gasteiger partial charge in [-0.25, -0.2) is 4.98 Å². The topological polar surface area (TPSA) is 123 Å². The minimum absolute atomic E-state index is 0.0231. The number of nitrogens with zero attached hydrogens (tertiary/aromatic N) is 1. The number of anilines is 1. The van der Waals surface area contributed by atoms with Crippen LogP contribution in [0.3, 0.4) is 0 Å². The molecule has 0 saturated carbocycles. The lowest BCUT2D eigenvalue weighted by Gasteiger charge is -2.05. The van der Waals surface area contributed by atoms with Gasteiger partial charge in [0.05, 0.1) is 5.69 Å². The molecule has 0 bridgehead atoms. The number of benzene rings is 3. The van der Waals surface area contributed by atoms with Crippen LogP contribution < -0.4 is 5.32 Å². The second kappa shape index (κ2) is 8.99. The summed E-state index contributed by atoms with van der Waals surface area (Å²) in [4.78, 5) is 18.2. The third kappa shape index (κ3) is 4.65. The lowest BCUT2D eigenvalue weighted by molar-refractivity contribution is 0.102. The average Bonchev–Trinajstić information content (AvgIpc) is 3.19. The number of carbonyl (C=O) groups is 1. The van der Waals surface area contributed by atoms with E-state index < -0.39 is 23.2 Å². The molecule has 8 heteroatoms. The summed E-state index contributed by atoms with van der Waals surface area (Å²) in [5, 5.41) is 41.5. The average molecular weight is 449 g/mol. The highest BCUT2D eigenvalue weighted by Gasteiger charge is 2.18. The lowest BCUT2D eigenvalue weighted by atomic mass is 10.1. The maximum atomic E-state index is 12.6. The minimum atomic E-state index is -0.686. The van der Waals surface area contributed by atoms with E-state index in [1.807, 2.05) is 30.3 Å². The number of hydrogen-bond acceptors (Lipinski definition) is 7. The summed E-state index contributed by atoms with van der Waals surface area (Å²) in [6, 6.07) is 18.8. The zero-order chi connectivity index (χ0) is 22.7. The summed E-state index contributed by atoms with van der Waals surface area (Å²) in [6.45, 7) is 0. The van der Waals surface area contributed by atoms with Crippen molar-refractivity contribution in [2.45, 2.75) is 12.8 Å². The lowest BCUT2D eigenvalue weighted by Crippen LogP contribution is -2.11. The standard InChI is InChI=1S/C24H20N2O5S/c27-17-9-7-15(8-10-17)21-20(11-6-14-4-2-1-3-5-14)32-24(25-21)26-23(31)16-12-18(28)22(30)19(29)13-16/h1-5,7-10,12-13,27-30H,6,11H2,(H,25,26,31). The predicted octanol–water partition coefficient (Wildman–Crippen LogP) is 4.67. The van der Waals surface area contributed by atoms with Crippen molar-refractivity contribution in [1.82, 2.24) is 4.98 Å². The van der Waals surface area contributed by atoms with Gasteiger partial charge in [0.1, 0.15) is 5.75 Å². The summed E-state index contributed by atoms with van der Waals surface area (Å²) in [5.74, 6) is -2.31. The normalized spacial score (nSPS) is 10.8. The molecule has 0 fully saturated rings. The monoisotopic (exact) mass is 448 g/mol. The van der Waals surface area contributed by atoms with Gasteiger partial charge in [-0.2, -0.15) is 0 Å². The first-order valence-electron chi connectivity index (χ1n) is 9.80. The highest BCUT2D eigenvalue weighted by molar-refractivity contribution is 7.16. The van der Waals surface area contributed by atoms with E-state index in [4.69, 9.17) is 0 Å². The van der Waals surface area contributed by atoms with Crippen LogP contribution in [0.25, 0.3) is 11.3 Å². The first-order valence-corrected chi connectivity index (χ1v) is 10.6. The van der Waals surface area contributed by atoms with Gasteiger partial charge in [0.2, 0.25) is 0 Å². The van der Waals surface area contributed by atoms with E-state index in [9.17, 15) is 25.2 Å². The van der Waals surface area contributed by atoms with Crippen molar-refractivity contribution in [3.8, 4) is 34.3 Å². The second-order valence-electron chi connectivity index (χ2n) is 7.14. The Kier molecular flexibility index (Phi) is 5.96. The Morgan fingerprint density at radius 1 is 0.875 bits per heavy atom. The van der Waals surface area contributed by atoms with Crippen LogP contribution in [0.5, 0.6) is 23.0 Å². The van der Waals surface area contributed by atoms with Crippen molar-refractivity contribution in [3.63, 3.8) is 0 Å².